The number of aryl methyl sites for hydroxylation is 1. The van der Waals surface area contributed by atoms with Gasteiger partial charge in [-0.3, -0.25) is 14.5 Å². The van der Waals surface area contributed by atoms with Gasteiger partial charge in [0.2, 0.25) is 0 Å². The number of nitrogens with zero attached hydrogens (tertiary/aromatic N) is 3. The van der Waals surface area contributed by atoms with Crippen molar-refractivity contribution >= 4 is 34.1 Å². The number of benzene rings is 3. The van der Waals surface area contributed by atoms with Crippen LogP contribution in [0.5, 0.6) is 5.75 Å². The van der Waals surface area contributed by atoms with E-state index >= 15 is 0 Å². The molecular formula is C28H23ClN4O2. The molecule has 0 atom stereocenters. The van der Waals surface area contributed by atoms with E-state index in [4.69, 9.17) is 16.3 Å². The van der Waals surface area contributed by atoms with Gasteiger partial charge in [0.1, 0.15) is 18.1 Å². The van der Waals surface area contributed by atoms with E-state index in [1.807, 2.05) is 90.5 Å². The van der Waals surface area contributed by atoms with Gasteiger partial charge in [0.05, 0.1) is 6.54 Å². The van der Waals surface area contributed by atoms with Crippen LogP contribution in [0.2, 0.25) is 5.02 Å². The Balaban J connectivity index is 1.32. The number of hydrogen-bond acceptors (Lipinski definition) is 4. The van der Waals surface area contributed by atoms with Crippen molar-refractivity contribution in [3.8, 4) is 5.75 Å². The molecule has 0 aliphatic rings. The summed E-state index contributed by atoms with van der Waals surface area (Å²) in [6, 6.07) is 26.9. The highest BCUT2D eigenvalue weighted by Crippen LogP contribution is 2.26. The molecule has 0 aliphatic heterocycles. The standard InChI is InChI=1S/C28H23ClN4O2/c1-19-13-27(31-28(34)25-15-21-9-5-6-10-22(21)16-30-25)32-33(19)17-23-14-24(29)11-12-26(23)35-18-20-7-3-2-4-8-20/h2-16H,17-18H2,1H3,(H,31,32,34). The number of hydrogen-bond donors (Lipinski definition) is 1. The molecule has 0 spiro atoms. The van der Waals surface area contributed by atoms with Crippen molar-refractivity contribution in [2.45, 2.75) is 20.1 Å². The lowest BCUT2D eigenvalue weighted by Gasteiger charge is -2.13. The molecule has 0 radical (unpaired) electrons. The third-order valence-electron chi connectivity index (χ3n) is 5.67. The first-order valence-electron chi connectivity index (χ1n) is 11.2. The van der Waals surface area contributed by atoms with Gasteiger partial charge in [-0.15, -0.1) is 0 Å². The molecular weight excluding hydrogens is 460 g/mol. The third kappa shape index (κ3) is 5.34. The van der Waals surface area contributed by atoms with E-state index in [1.54, 1.807) is 12.3 Å². The molecule has 6 nitrogen and oxygen atoms in total. The molecule has 0 aliphatic carbocycles. The zero-order valence-corrected chi connectivity index (χ0v) is 19.9. The van der Waals surface area contributed by atoms with Crippen LogP contribution >= 0.6 is 11.6 Å². The predicted octanol–water partition coefficient (Wildman–Crippen LogP) is 6.27. The first kappa shape index (κ1) is 22.6. The maximum Gasteiger partial charge on any atom is 0.275 e. The summed E-state index contributed by atoms with van der Waals surface area (Å²) in [5.41, 5.74) is 3.20. The van der Waals surface area contributed by atoms with Crippen molar-refractivity contribution in [1.82, 2.24) is 14.8 Å². The molecule has 0 bridgehead atoms. The average Bonchev–Trinajstić information content (AvgIpc) is 3.22. The van der Waals surface area contributed by atoms with Gasteiger partial charge >= 0.3 is 0 Å². The van der Waals surface area contributed by atoms with Crippen molar-refractivity contribution < 1.29 is 9.53 Å². The number of carbonyl (C=O) groups excluding carboxylic acids is 1. The Bertz CT molecular complexity index is 1500. The van der Waals surface area contributed by atoms with Crippen LogP contribution < -0.4 is 10.1 Å². The van der Waals surface area contributed by atoms with Crippen molar-refractivity contribution in [1.29, 1.82) is 0 Å². The summed E-state index contributed by atoms with van der Waals surface area (Å²) >= 11 is 6.27. The topological polar surface area (TPSA) is 69.0 Å². The van der Waals surface area contributed by atoms with Crippen LogP contribution in [0.25, 0.3) is 10.8 Å². The molecule has 5 aromatic rings. The van der Waals surface area contributed by atoms with Crippen LogP contribution in [-0.4, -0.2) is 20.7 Å². The Morgan fingerprint density at radius 2 is 1.74 bits per heavy atom. The largest absolute Gasteiger partial charge is 0.489 e. The molecule has 1 amide bonds. The van der Waals surface area contributed by atoms with Crippen molar-refractivity contribution in [3.63, 3.8) is 0 Å². The quantitative estimate of drug-likeness (QED) is 0.296. The second-order valence-corrected chi connectivity index (χ2v) is 8.66. The van der Waals surface area contributed by atoms with Crippen LogP contribution in [0.15, 0.2) is 91.1 Å². The van der Waals surface area contributed by atoms with Crippen molar-refractivity contribution in [3.05, 3.63) is 119 Å². The summed E-state index contributed by atoms with van der Waals surface area (Å²) in [6.45, 7) is 2.83. The van der Waals surface area contributed by atoms with Crippen LogP contribution in [0.4, 0.5) is 5.82 Å². The number of aromatic nitrogens is 3. The lowest BCUT2D eigenvalue weighted by molar-refractivity contribution is 0.102. The molecule has 3 aromatic carbocycles. The number of nitrogens with one attached hydrogen (secondary N) is 1. The van der Waals surface area contributed by atoms with Gasteiger partial charge in [0, 0.05) is 33.9 Å². The Morgan fingerprint density at radius 1 is 0.971 bits per heavy atom. The Hall–Kier alpha value is -4.16. The van der Waals surface area contributed by atoms with Gasteiger partial charge in [-0.05, 0) is 42.1 Å². The van der Waals surface area contributed by atoms with Gasteiger partial charge in [0.15, 0.2) is 5.82 Å². The van der Waals surface area contributed by atoms with E-state index in [-0.39, 0.29) is 5.91 Å². The minimum atomic E-state index is -0.310. The first-order chi connectivity index (χ1) is 17.0. The lowest BCUT2D eigenvalue weighted by Crippen LogP contribution is -2.14. The summed E-state index contributed by atoms with van der Waals surface area (Å²) < 4.78 is 7.89. The summed E-state index contributed by atoms with van der Waals surface area (Å²) in [4.78, 5) is 17.1. The number of pyridine rings is 1. The normalized spacial score (nSPS) is 10.9. The maximum absolute atomic E-state index is 12.8. The fraction of sp³-hybridized carbons (Fsp3) is 0.107. The number of halogens is 1. The first-order valence-corrected chi connectivity index (χ1v) is 11.6. The van der Waals surface area contributed by atoms with E-state index < -0.39 is 0 Å². The van der Waals surface area contributed by atoms with Gasteiger partial charge in [-0.2, -0.15) is 5.10 Å². The maximum atomic E-state index is 12.8. The second kappa shape index (κ2) is 9.99. The third-order valence-corrected chi connectivity index (χ3v) is 5.90. The van der Waals surface area contributed by atoms with Gasteiger partial charge in [-0.1, -0.05) is 66.2 Å². The highest BCUT2D eigenvalue weighted by molar-refractivity contribution is 6.30. The van der Waals surface area contributed by atoms with E-state index in [2.05, 4.69) is 15.4 Å². The molecule has 5 rings (SSSR count). The molecule has 35 heavy (non-hydrogen) atoms. The fourth-order valence-electron chi connectivity index (χ4n) is 3.83. The molecule has 0 saturated heterocycles. The predicted molar refractivity (Wildman–Crippen MR) is 138 cm³/mol. The Kier molecular flexibility index (Phi) is 6.46. The highest BCUT2D eigenvalue weighted by atomic mass is 35.5. The van der Waals surface area contributed by atoms with E-state index in [0.29, 0.717) is 29.7 Å². The Labute approximate surface area is 208 Å². The molecule has 1 N–H and O–H groups in total. The molecule has 174 valence electrons. The van der Waals surface area contributed by atoms with E-state index in [1.165, 1.54) is 0 Å². The number of rotatable bonds is 7. The van der Waals surface area contributed by atoms with E-state index in [0.717, 1.165) is 33.3 Å². The zero-order valence-electron chi connectivity index (χ0n) is 19.1. The van der Waals surface area contributed by atoms with Gasteiger partial charge in [0.25, 0.3) is 5.91 Å². The smallest absolute Gasteiger partial charge is 0.275 e. The number of fused-ring (bicyclic) bond motifs is 1. The average molecular weight is 483 g/mol. The van der Waals surface area contributed by atoms with E-state index in [9.17, 15) is 4.79 Å². The number of ether oxygens (including phenoxy) is 1. The summed E-state index contributed by atoms with van der Waals surface area (Å²) in [5, 5.41) is 9.99. The highest BCUT2D eigenvalue weighted by Gasteiger charge is 2.14. The zero-order chi connectivity index (χ0) is 24.2. The SMILES string of the molecule is Cc1cc(NC(=O)c2cc3ccccc3cn2)nn1Cc1cc(Cl)ccc1OCc1ccccc1. The second-order valence-electron chi connectivity index (χ2n) is 8.23. The number of carbonyl (C=O) groups is 1. The number of anilines is 1. The van der Waals surface area contributed by atoms with Gasteiger partial charge in [-0.25, -0.2) is 0 Å². The van der Waals surface area contributed by atoms with Crippen LogP contribution in [0.1, 0.15) is 27.3 Å². The Morgan fingerprint density at radius 3 is 2.57 bits per heavy atom. The van der Waals surface area contributed by atoms with Crippen LogP contribution in [-0.2, 0) is 13.2 Å². The van der Waals surface area contributed by atoms with Gasteiger partial charge < -0.3 is 10.1 Å². The monoisotopic (exact) mass is 482 g/mol. The lowest BCUT2D eigenvalue weighted by atomic mass is 10.1. The molecule has 2 heterocycles. The fourth-order valence-corrected chi connectivity index (χ4v) is 4.02. The molecule has 2 aromatic heterocycles. The van der Waals surface area contributed by atoms with Crippen LogP contribution in [0.3, 0.4) is 0 Å². The summed E-state index contributed by atoms with van der Waals surface area (Å²) in [6.07, 6.45) is 1.70. The van der Waals surface area contributed by atoms with Crippen molar-refractivity contribution in [2.24, 2.45) is 0 Å². The van der Waals surface area contributed by atoms with Crippen molar-refractivity contribution in [2.75, 3.05) is 5.32 Å². The van der Waals surface area contributed by atoms with Crippen LogP contribution in [0, 0.1) is 6.92 Å². The molecule has 7 heteroatoms. The summed E-state index contributed by atoms with van der Waals surface area (Å²) in [7, 11) is 0. The minimum Gasteiger partial charge on any atom is -0.489 e. The summed E-state index contributed by atoms with van der Waals surface area (Å²) in [5.74, 6) is 0.880. The number of amides is 1. The molecule has 0 unspecified atom stereocenters. The molecule has 0 fully saturated rings. The minimum absolute atomic E-state index is 0.310. The molecule has 0 saturated carbocycles.